The van der Waals surface area contributed by atoms with Crippen LogP contribution in [0.4, 0.5) is 0 Å². The molecule has 0 aliphatic rings. The molecule has 0 bridgehead atoms. The van der Waals surface area contributed by atoms with Gasteiger partial charge >= 0.3 is 11.9 Å². The van der Waals surface area contributed by atoms with Crippen molar-refractivity contribution in [1.82, 2.24) is 16.0 Å². The van der Waals surface area contributed by atoms with Crippen LogP contribution < -0.4 is 21.7 Å². The first-order chi connectivity index (χ1) is 13.3. The Hall–Kier alpha value is -2.34. The van der Waals surface area contributed by atoms with Crippen LogP contribution in [-0.2, 0) is 24.0 Å². The number of thiol groups is 1. The fourth-order valence-electron chi connectivity index (χ4n) is 2.30. The number of aliphatic carboxylic acids is 2. The van der Waals surface area contributed by atoms with E-state index in [-0.39, 0.29) is 17.6 Å². The summed E-state index contributed by atoms with van der Waals surface area (Å²) >= 11 is 3.99. The molecule has 0 saturated heterocycles. The van der Waals surface area contributed by atoms with Crippen LogP contribution in [0.15, 0.2) is 0 Å². The second-order valence-electron chi connectivity index (χ2n) is 7.25. The fraction of sp³-hybridized carbons (Fsp3) is 0.706. The van der Waals surface area contributed by atoms with E-state index in [4.69, 9.17) is 10.8 Å². The van der Waals surface area contributed by atoms with Gasteiger partial charge in [-0.15, -0.1) is 0 Å². The number of nitrogens with one attached hydrogen (secondary N) is 3. The number of carboxylic acid groups (broad SMARTS) is 2. The number of amides is 3. The zero-order chi connectivity index (χ0) is 22.9. The Morgan fingerprint density at radius 1 is 0.828 bits per heavy atom. The Kier molecular flexibility index (Phi) is 11.3. The topological polar surface area (TPSA) is 188 Å². The van der Waals surface area contributed by atoms with Crippen molar-refractivity contribution in [3.8, 4) is 0 Å². The van der Waals surface area contributed by atoms with Crippen LogP contribution in [0.5, 0.6) is 0 Å². The second-order valence-corrected chi connectivity index (χ2v) is 7.61. The zero-order valence-corrected chi connectivity index (χ0v) is 17.7. The maximum Gasteiger partial charge on any atom is 0.326 e. The van der Waals surface area contributed by atoms with Gasteiger partial charge in [0.15, 0.2) is 0 Å². The molecule has 0 heterocycles. The van der Waals surface area contributed by atoms with Gasteiger partial charge in [-0.1, -0.05) is 27.7 Å². The summed E-state index contributed by atoms with van der Waals surface area (Å²) in [5, 5.41) is 25.1. The highest BCUT2D eigenvalue weighted by Crippen LogP contribution is 2.07. The van der Waals surface area contributed by atoms with Gasteiger partial charge in [-0.05, 0) is 11.8 Å². The van der Waals surface area contributed by atoms with Crippen LogP contribution in [0.2, 0.25) is 0 Å². The third-order valence-corrected chi connectivity index (χ3v) is 4.39. The molecule has 11 nitrogen and oxygen atoms in total. The molecule has 29 heavy (non-hydrogen) atoms. The Labute approximate surface area is 174 Å². The highest BCUT2D eigenvalue weighted by atomic mass is 32.1. The van der Waals surface area contributed by atoms with Crippen molar-refractivity contribution in [2.24, 2.45) is 17.6 Å². The van der Waals surface area contributed by atoms with E-state index in [9.17, 15) is 29.1 Å². The third kappa shape index (κ3) is 9.13. The number of nitrogens with two attached hydrogens (primary N) is 1. The summed E-state index contributed by atoms with van der Waals surface area (Å²) in [6.45, 7) is 6.59. The highest BCUT2D eigenvalue weighted by Gasteiger charge is 2.32. The first-order valence-corrected chi connectivity index (χ1v) is 9.67. The molecular weight excluding hydrogens is 404 g/mol. The minimum Gasteiger partial charge on any atom is -0.481 e. The largest absolute Gasteiger partial charge is 0.481 e. The van der Waals surface area contributed by atoms with Crippen LogP contribution in [0.1, 0.15) is 34.1 Å². The number of carbonyl (C=O) groups excluding carboxylic acids is 3. The summed E-state index contributed by atoms with van der Waals surface area (Å²) in [6.07, 6.45) is -0.616. The second kappa shape index (κ2) is 12.3. The summed E-state index contributed by atoms with van der Waals surface area (Å²) in [7, 11) is 0. The molecule has 0 aliphatic carbocycles. The molecule has 0 aliphatic heterocycles. The fourth-order valence-corrected chi connectivity index (χ4v) is 2.56. The monoisotopic (exact) mass is 434 g/mol. The minimum atomic E-state index is -1.35. The molecule has 166 valence electrons. The maximum absolute atomic E-state index is 12.5. The number of carboxylic acids is 2. The van der Waals surface area contributed by atoms with E-state index >= 15 is 0 Å². The summed E-state index contributed by atoms with van der Waals surface area (Å²) in [6, 6.07) is -4.71. The zero-order valence-electron chi connectivity index (χ0n) is 16.8. The molecule has 0 radical (unpaired) electrons. The SMILES string of the molecule is CC(C)C(NC(=O)C(NC(=O)C(CS)NC(=O)C(N)CC(=O)O)C(C)C)C(=O)O. The van der Waals surface area contributed by atoms with Crippen LogP contribution in [0.25, 0.3) is 0 Å². The van der Waals surface area contributed by atoms with Crippen molar-refractivity contribution in [3.05, 3.63) is 0 Å². The van der Waals surface area contributed by atoms with Crippen molar-refractivity contribution < 1.29 is 34.2 Å². The van der Waals surface area contributed by atoms with Gasteiger partial charge in [-0.3, -0.25) is 19.2 Å². The van der Waals surface area contributed by atoms with Gasteiger partial charge < -0.3 is 31.9 Å². The Balaban J connectivity index is 5.18. The molecule has 0 fully saturated rings. The molecule has 0 aromatic rings. The molecule has 0 aromatic carbocycles. The molecule has 12 heteroatoms. The standard InChI is InChI=1S/C17H30N4O7S/c1-7(2)12(16(26)21-13(8(3)4)17(27)28)20-15(25)10(6-29)19-14(24)9(18)5-11(22)23/h7-10,12-13,29H,5-6,18H2,1-4H3,(H,19,24)(H,20,25)(H,21,26)(H,22,23)(H,27,28). The molecule has 0 aromatic heterocycles. The summed E-state index contributed by atoms with van der Waals surface area (Å²) in [5.74, 6) is -5.62. The molecule has 3 amide bonds. The molecule has 0 saturated carbocycles. The lowest BCUT2D eigenvalue weighted by Gasteiger charge is -2.27. The van der Waals surface area contributed by atoms with Gasteiger partial charge in [-0.2, -0.15) is 12.6 Å². The van der Waals surface area contributed by atoms with Crippen LogP contribution in [-0.4, -0.2) is 69.8 Å². The Bertz CT molecular complexity index is 627. The van der Waals surface area contributed by atoms with Gasteiger partial charge in [0.05, 0.1) is 12.5 Å². The molecule has 0 spiro atoms. The first-order valence-electron chi connectivity index (χ1n) is 9.03. The van der Waals surface area contributed by atoms with E-state index in [2.05, 4.69) is 28.6 Å². The van der Waals surface area contributed by atoms with E-state index in [1.165, 1.54) is 0 Å². The Morgan fingerprint density at radius 2 is 1.31 bits per heavy atom. The van der Waals surface area contributed by atoms with E-state index in [1.54, 1.807) is 27.7 Å². The van der Waals surface area contributed by atoms with E-state index in [1.807, 2.05) is 0 Å². The van der Waals surface area contributed by atoms with Gasteiger partial charge in [0.25, 0.3) is 0 Å². The van der Waals surface area contributed by atoms with Crippen LogP contribution in [0.3, 0.4) is 0 Å². The number of hydrogen-bond acceptors (Lipinski definition) is 7. The highest BCUT2D eigenvalue weighted by molar-refractivity contribution is 7.80. The average molecular weight is 435 g/mol. The van der Waals surface area contributed by atoms with Crippen molar-refractivity contribution in [1.29, 1.82) is 0 Å². The smallest absolute Gasteiger partial charge is 0.326 e. The van der Waals surface area contributed by atoms with Crippen molar-refractivity contribution >= 4 is 42.3 Å². The summed E-state index contributed by atoms with van der Waals surface area (Å²) in [5.41, 5.74) is 5.46. The average Bonchev–Trinajstić information content (AvgIpc) is 2.59. The molecule has 4 atom stereocenters. The third-order valence-electron chi connectivity index (χ3n) is 4.02. The molecule has 0 rings (SSSR count). The quantitative estimate of drug-likeness (QED) is 0.182. The predicted octanol–water partition coefficient (Wildman–Crippen LogP) is -1.43. The summed E-state index contributed by atoms with van der Waals surface area (Å²) in [4.78, 5) is 58.9. The lowest BCUT2D eigenvalue weighted by molar-refractivity contribution is -0.143. The van der Waals surface area contributed by atoms with Crippen molar-refractivity contribution in [2.75, 3.05) is 5.75 Å². The van der Waals surface area contributed by atoms with Crippen molar-refractivity contribution in [3.63, 3.8) is 0 Å². The van der Waals surface area contributed by atoms with Gasteiger partial charge in [-0.25, -0.2) is 4.79 Å². The predicted molar refractivity (Wildman–Crippen MR) is 107 cm³/mol. The lowest BCUT2D eigenvalue weighted by atomic mass is 10.00. The number of rotatable bonds is 12. The first kappa shape index (κ1) is 26.7. The minimum absolute atomic E-state index is 0.131. The van der Waals surface area contributed by atoms with E-state index in [0.717, 1.165) is 0 Å². The van der Waals surface area contributed by atoms with E-state index < -0.39 is 60.2 Å². The maximum atomic E-state index is 12.5. The van der Waals surface area contributed by atoms with Crippen LogP contribution >= 0.6 is 12.6 Å². The van der Waals surface area contributed by atoms with Crippen LogP contribution in [0, 0.1) is 11.8 Å². The molecule has 4 unspecified atom stereocenters. The number of carbonyl (C=O) groups is 5. The normalized spacial score (nSPS) is 15.2. The number of hydrogen-bond donors (Lipinski definition) is 7. The van der Waals surface area contributed by atoms with Gasteiger partial charge in [0.2, 0.25) is 17.7 Å². The molecule has 7 N–H and O–H groups in total. The van der Waals surface area contributed by atoms with Crippen molar-refractivity contribution in [2.45, 2.75) is 58.3 Å². The Morgan fingerprint density at radius 3 is 1.69 bits per heavy atom. The molecular formula is C17H30N4O7S. The lowest BCUT2D eigenvalue weighted by Crippen LogP contribution is -2.59. The van der Waals surface area contributed by atoms with Gasteiger partial charge in [0, 0.05) is 5.75 Å². The van der Waals surface area contributed by atoms with Gasteiger partial charge in [0.1, 0.15) is 18.1 Å². The summed E-state index contributed by atoms with van der Waals surface area (Å²) < 4.78 is 0. The van der Waals surface area contributed by atoms with E-state index in [0.29, 0.717) is 0 Å².